The number of piperazine rings is 1. The van der Waals surface area contributed by atoms with E-state index in [1.165, 1.54) is 0 Å². The SMILES string of the molecule is CCOC(=O)C1CN(C(=O)OC(C)(C)C)C2(CCN(C(=O)OC(C)(C)C)CC2)CN1. The van der Waals surface area contributed by atoms with Crippen LogP contribution >= 0.6 is 0 Å². The molecular formula is C21H37N3O6. The molecule has 0 aromatic rings. The van der Waals surface area contributed by atoms with E-state index in [1.54, 1.807) is 16.7 Å². The van der Waals surface area contributed by atoms with Crippen molar-refractivity contribution in [1.29, 1.82) is 0 Å². The molecular weight excluding hydrogens is 390 g/mol. The fourth-order valence-electron chi connectivity index (χ4n) is 3.71. The first-order valence-corrected chi connectivity index (χ1v) is 10.6. The molecule has 0 aliphatic carbocycles. The molecule has 0 aromatic heterocycles. The zero-order chi connectivity index (χ0) is 22.7. The van der Waals surface area contributed by atoms with E-state index in [2.05, 4.69) is 5.32 Å². The van der Waals surface area contributed by atoms with Gasteiger partial charge in [-0.25, -0.2) is 9.59 Å². The predicted molar refractivity (Wildman–Crippen MR) is 111 cm³/mol. The Kier molecular flexibility index (Phi) is 7.27. The van der Waals surface area contributed by atoms with Crippen LogP contribution in [0.5, 0.6) is 0 Å². The van der Waals surface area contributed by atoms with Gasteiger partial charge in [0.05, 0.1) is 18.7 Å². The van der Waals surface area contributed by atoms with Crippen LogP contribution in [0, 0.1) is 0 Å². The van der Waals surface area contributed by atoms with Crippen LogP contribution in [0.2, 0.25) is 0 Å². The summed E-state index contributed by atoms with van der Waals surface area (Å²) in [7, 11) is 0. The molecule has 0 saturated carbocycles. The zero-order valence-corrected chi connectivity index (χ0v) is 19.4. The van der Waals surface area contributed by atoms with E-state index in [0.29, 0.717) is 32.5 Å². The second-order valence-electron chi connectivity index (χ2n) is 9.97. The predicted octanol–water partition coefficient (Wildman–Crippen LogP) is 2.53. The molecule has 0 radical (unpaired) electrons. The van der Waals surface area contributed by atoms with Crippen LogP contribution in [0.1, 0.15) is 61.3 Å². The van der Waals surface area contributed by atoms with Crippen LogP contribution < -0.4 is 5.32 Å². The topological polar surface area (TPSA) is 97.4 Å². The summed E-state index contributed by atoms with van der Waals surface area (Å²) < 4.78 is 16.2. The van der Waals surface area contributed by atoms with Crippen molar-refractivity contribution < 1.29 is 28.6 Å². The highest BCUT2D eigenvalue weighted by molar-refractivity contribution is 5.78. The summed E-state index contributed by atoms with van der Waals surface area (Å²) in [5, 5.41) is 3.24. The molecule has 9 nitrogen and oxygen atoms in total. The van der Waals surface area contributed by atoms with Crippen LogP contribution in [0.4, 0.5) is 9.59 Å². The maximum atomic E-state index is 13.0. The molecule has 2 heterocycles. The van der Waals surface area contributed by atoms with Gasteiger partial charge in [0.1, 0.15) is 17.2 Å². The smallest absolute Gasteiger partial charge is 0.410 e. The van der Waals surface area contributed by atoms with E-state index in [1.807, 2.05) is 41.5 Å². The Morgan fingerprint density at radius 3 is 2.00 bits per heavy atom. The van der Waals surface area contributed by atoms with Gasteiger partial charge in [0.2, 0.25) is 0 Å². The van der Waals surface area contributed by atoms with Gasteiger partial charge in [-0.2, -0.15) is 0 Å². The van der Waals surface area contributed by atoms with Crippen molar-refractivity contribution in [3.8, 4) is 0 Å². The van der Waals surface area contributed by atoms with Crippen LogP contribution in [0.15, 0.2) is 0 Å². The average molecular weight is 428 g/mol. The number of hydrogen-bond acceptors (Lipinski definition) is 7. The number of rotatable bonds is 2. The fourth-order valence-corrected chi connectivity index (χ4v) is 3.71. The Bertz CT molecular complexity index is 644. The summed E-state index contributed by atoms with van der Waals surface area (Å²) in [5.41, 5.74) is -1.75. The third kappa shape index (κ3) is 6.23. The molecule has 2 fully saturated rings. The van der Waals surface area contributed by atoms with E-state index < -0.39 is 28.9 Å². The minimum Gasteiger partial charge on any atom is -0.465 e. The molecule has 2 amide bonds. The van der Waals surface area contributed by atoms with Crippen LogP contribution in [0.3, 0.4) is 0 Å². The quantitative estimate of drug-likeness (QED) is 0.534. The van der Waals surface area contributed by atoms with Gasteiger partial charge >= 0.3 is 18.2 Å². The van der Waals surface area contributed by atoms with Gasteiger partial charge < -0.3 is 24.4 Å². The molecule has 30 heavy (non-hydrogen) atoms. The second kappa shape index (κ2) is 8.99. The maximum absolute atomic E-state index is 13.0. The molecule has 172 valence electrons. The van der Waals surface area contributed by atoms with Crippen molar-refractivity contribution in [2.45, 2.75) is 84.1 Å². The van der Waals surface area contributed by atoms with Crippen LogP contribution in [0.25, 0.3) is 0 Å². The lowest BCUT2D eigenvalue weighted by Gasteiger charge is -2.52. The first kappa shape index (κ1) is 24.2. The lowest BCUT2D eigenvalue weighted by molar-refractivity contribution is -0.148. The Balaban J connectivity index is 2.15. The third-order valence-electron chi connectivity index (χ3n) is 5.15. The van der Waals surface area contributed by atoms with Gasteiger partial charge in [0.25, 0.3) is 0 Å². The number of nitrogens with one attached hydrogen (secondary N) is 1. The summed E-state index contributed by atoms with van der Waals surface area (Å²) in [4.78, 5) is 41.0. The molecule has 0 bridgehead atoms. The molecule has 2 aliphatic heterocycles. The summed E-state index contributed by atoms with van der Waals surface area (Å²) >= 11 is 0. The van der Waals surface area contributed by atoms with Crippen molar-refractivity contribution in [3.63, 3.8) is 0 Å². The lowest BCUT2D eigenvalue weighted by Crippen LogP contribution is -2.70. The number of carbonyl (C=O) groups excluding carboxylic acids is 3. The lowest BCUT2D eigenvalue weighted by atomic mass is 9.83. The first-order chi connectivity index (χ1) is 13.8. The molecule has 2 rings (SSSR count). The summed E-state index contributed by atoms with van der Waals surface area (Å²) in [6, 6.07) is -0.605. The number of hydrogen-bond donors (Lipinski definition) is 1. The number of carbonyl (C=O) groups is 3. The number of nitrogens with zero attached hydrogens (tertiary/aromatic N) is 2. The first-order valence-electron chi connectivity index (χ1n) is 10.6. The monoisotopic (exact) mass is 427 g/mol. The van der Waals surface area contributed by atoms with E-state index in [0.717, 1.165) is 0 Å². The van der Waals surface area contributed by atoms with Crippen molar-refractivity contribution in [2.75, 3.05) is 32.8 Å². The number of esters is 1. The fraction of sp³-hybridized carbons (Fsp3) is 0.857. The van der Waals surface area contributed by atoms with Gasteiger partial charge in [-0.3, -0.25) is 9.69 Å². The van der Waals surface area contributed by atoms with Crippen LogP contribution in [-0.2, 0) is 19.0 Å². The average Bonchev–Trinajstić information content (AvgIpc) is 2.59. The summed E-state index contributed by atoms with van der Waals surface area (Å²) in [6.45, 7) is 14.5. The Morgan fingerprint density at radius 1 is 0.967 bits per heavy atom. The molecule has 9 heteroatoms. The summed E-state index contributed by atoms with van der Waals surface area (Å²) in [5.74, 6) is -0.382. The van der Waals surface area contributed by atoms with Gasteiger partial charge in [0.15, 0.2) is 0 Å². The summed E-state index contributed by atoms with van der Waals surface area (Å²) in [6.07, 6.45) is 0.320. The highest BCUT2D eigenvalue weighted by atomic mass is 16.6. The van der Waals surface area contributed by atoms with E-state index in [9.17, 15) is 14.4 Å². The van der Waals surface area contributed by atoms with Crippen molar-refractivity contribution in [1.82, 2.24) is 15.1 Å². The number of ether oxygens (including phenoxy) is 3. The van der Waals surface area contributed by atoms with Crippen molar-refractivity contribution in [2.24, 2.45) is 0 Å². The highest BCUT2D eigenvalue weighted by Crippen LogP contribution is 2.33. The molecule has 2 saturated heterocycles. The van der Waals surface area contributed by atoms with Crippen molar-refractivity contribution >= 4 is 18.2 Å². The third-order valence-corrected chi connectivity index (χ3v) is 5.15. The maximum Gasteiger partial charge on any atom is 0.410 e. The molecule has 2 aliphatic rings. The molecule has 1 unspecified atom stereocenters. The molecule has 1 N–H and O–H groups in total. The van der Waals surface area contributed by atoms with E-state index in [4.69, 9.17) is 14.2 Å². The van der Waals surface area contributed by atoms with Crippen molar-refractivity contribution in [3.05, 3.63) is 0 Å². The van der Waals surface area contributed by atoms with Gasteiger partial charge in [-0.05, 0) is 61.3 Å². The molecule has 1 spiro atoms. The van der Waals surface area contributed by atoms with Gasteiger partial charge in [-0.1, -0.05) is 0 Å². The Morgan fingerprint density at radius 2 is 1.50 bits per heavy atom. The molecule has 0 aromatic carbocycles. The van der Waals surface area contributed by atoms with E-state index in [-0.39, 0.29) is 25.2 Å². The van der Waals surface area contributed by atoms with E-state index >= 15 is 0 Å². The number of likely N-dealkylation sites (tertiary alicyclic amines) is 1. The molecule has 1 atom stereocenters. The minimum absolute atomic E-state index is 0.167. The largest absolute Gasteiger partial charge is 0.465 e. The van der Waals surface area contributed by atoms with Gasteiger partial charge in [-0.15, -0.1) is 0 Å². The standard InChI is InChI=1S/C21H37N3O6/c1-8-28-16(25)15-13-24(18(27)30-20(5,6)7)21(14-22-15)9-11-23(12-10-21)17(26)29-19(2,3)4/h15,22H,8-14H2,1-7H3. The zero-order valence-electron chi connectivity index (χ0n) is 19.4. The number of amides is 2. The van der Waals surface area contributed by atoms with Gasteiger partial charge in [0, 0.05) is 19.6 Å². The Labute approximate surface area is 179 Å². The minimum atomic E-state index is -0.653. The Hall–Kier alpha value is -2.03. The highest BCUT2D eigenvalue weighted by Gasteiger charge is 2.49. The van der Waals surface area contributed by atoms with Crippen LogP contribution in [-0.4, -0.2) is 83.5 Å². The number of piperidine rings is 1. The normalized spacial score (nSPS) is 21.9. The second-order valence-corrected chi connectivity index (χ2v) is 9.97.